The lowest BCUT2D eigenvalue weighted by Gasteiger charge is -2.11. The molecule has 26 heavy (non-hydrogen) atoms. The SMILES string of the molecule is Cc1nc(C(C)NC(=O)CCCn2nnc(-c3ccc(F)cc3)n2)cs1. The predicted octanol–water partition coefficient (Wildman–Crippen LogP) is 2.90. The lowest BCUT2D eigenvalue weighted by Crippen LogP contribution is -2.26. The van der Waals surface area contributed by atoms with Crippen LogP contribution in [0.25, 0.3) is 11.4 Å². The summed E-state index contributed by atoms with van der Waals surface area (Å²) >= 11 is 1.57. The van der Waals surface area contributed by atoms with Crippen LogP contribution in [0, 0.1) is 12.7 Å². The summed E-state index contributed by atoms with van der Waals surface area (Å²) in [6.07, 6.45) is 0.953. The largest absolute Gasteiger partial charge is 0.348 e. The molecule has 0 fully saturated rings. The Balaban J connectivity index is 1.46. The van der Waals surface area contributed by atoms with E-state index in [4.69, 9.17) is 0 Å². The zero-order valence-electron chi connectivity index (χ0n) is 14.5. The van der Waals surface area contributed by atoms with Gasteiger partial charge in [0, 0.05) is 17.4 Å². The van der Waals surface area contributed by atoms with Crippen LogP contribution >= 0.6 is 11.3 Å². The smallest absolute Gasteiger partial charge is 0.220 e. The van der Waals surface area contributed by atoms with Gasteiger partial charge in [0.25, 0.3) is 0 Å². The summed E-state index contributed by atoms with van der Waals surface area (Å²) in [6, 6.07) is 5.80. The fourth-order valence-corrected chi connectivity index (χ4v) is 3.11. The predicted molar refractivity (Wildman–Crippen MR) is 95.9 cm³/mol. The van der Waals surface area contributed by atoms with Gasteiger partial charge in [-0.05, 0) is 49.7 Å². The van der Waals surface area contributed by atoms with Gasteiger partial charge in [0.1, 0.15) is 5.82 Å². The van der Waals surface area contributed by atoms with E-state index < -0.39 is 0 Å². The molecule has 0 spiro atoms. The Hall–Kier alpha value is -2.68. The van der Waals surface area contributed by atoms with Crippen molar-refractivity contribution in [3.63, 3.8) is 0 Å². The standard InChI is InChI=1S/C17H19FN6OS/c1-11(15-10-26-12(2)20-15)19-16(25)4-3-9-24-22-17(21-23-24)13-5-7-14(18)8-6-13/h5-8,10-11H,3-4,9H2,1-2H3,(H,19,25). The highest BCUT2D eigenvalue weighted by Gasteiger charge is 2.12. The number of benzene rings is 1. The van der Waals surface area contributed by atoms with E-state index in [0.29, 0.717) is 30.8 Å². The molecule has 0 aliphatic carbocycles. The number of aromatic nitrogens is 5. The van der Waals surface area contributed by atoms with Crippen molar-refractivity contribution in [2.75, 3.05) is 0 Å². The lowest BCUT2D eigenvalue weighted by atomic mass is 10.2. The van der Waals surface area contributed by atoms with Crippen molar-refractivity contribution in [3.8, 4) is 11.4 Å². The molecule has 2 heterocycles. The first-order valence-corrected chi connectivity index (χ1v) is 9.14. The minimum absolute atomic E-state index is 0.0398. The quantitative estimate of drug-likeness (QED) is 0.687. The molecule has 136 valence electrons. The molecule has 0 saturated carbocycles. The minimum Gasteiger partial charge on any atom is -0.348 e. The van der Waals surface area contributed by atoms with Crippen molar-refractivity contribution in [1.82, 2.24) is 30.5 Å². The van der Waals surface area contributed by atoms with E-state index in [9.17, 15) is 9.18 Å². The van der Waals surface area contributed by atoms with Crippen molar-refractivity contribution >= 4 is 17.2 Å². The van der Waals surface area contributed by atoms with Crippen LogP contribution < -0.4 is 5.32 Å². The Morgan fingerprint density at radius 3 is 2.81 bits per heavy atom. The van der Waals surface area contributed by atoms with Crippen LogP contribution in [0.3, 0.4) is 0 Å². The second kappa shape index (κ2) is 8.13. The summed E-state index contributed by atoms with van der Waals surface area (Å²) in [4.78, 5) is 17.9. The zero-order chi connectivity index (χ0) is 18.5. The van der Waals surface area contributed by atoms with E-state index in [1.54, 1.807) is 23.5 Å². The van der Waals surface area contributed by atoms with Gasteiger partial charge in [0.2, 0.25) is 11.7 Å². The van der Waals surface area contributed by atoms with Gasteiger partial charge in [-0.3, -0.25) is 4.79 Å². The van der Waals surface area contributed by atoms with Crippen molar-refractivity contribution in [2.24, 2.45) is 0 Å². The number of amides is 1. The summed E-state index contributed by atoms with van der Waals surface area (Å²) in [6.45, 7) is 4.33. The number of thiazole rings is 1. The molecule has 0 radical (unpaired) electrons. The number of halogens is 1. The van der Waals surface area contributed by atoms with E-state index >= 15 is 0 Å². The van der Waals surface area contributed by atoms with E-state index in [0.717, 1.165) is 10.7 Å². The third-order valence-electron chi connectivity index (χ3n) is 3.78. The molecule has 3 aromatic rings. The van der Waals surface area contributed by atoms with Crippen molar-refractivity contribution in [1.29, 1.82) is 0 Å². The molecule has 1 amide bonds. The number of tetrazole rings is 1. The number of carbonyl (C=O) groups is 1. The number of nitrogens with zero attached hydrogens (tertiary/aromatic N) is 5. The highest BCUT2D eigenvalue weighted by molar-refractivity contribution is 7.09. The molecule has 1 unspecified atom stereocenters. The summed E-state index contributed by atoms with van der Waals surface area (Å²) in [5, 5.41) is 18.0. The third-order valence-corrected chi connectivity index (χ3v) is 4.57. The Morgan fingerprint density at radius 2 is 2.12 bits per heavy atom. The molecule has 0 aliphatic rings. The molecule has 3 rings (SSSR count). The first kappa shape index (κ1) is 18.1. The number of hydrogen-bond acceptors (Lipinski definition) is 6. The van der Waals surface area contributed by atoms with Gasteiger partial charge < -0.3 is 5.32 Å². The topological polar surface area (TPSA) is 85.6 Å². The molecular weight excluding hydrogens is 355 g/mol. The summed E-state index contributed by atoms with van der Waals surface area (Å²) < 4.78 is 12.9. The number of carbonyl (C=O) groups excluding carboxylic acids is 1. The first-order valence-electron chi connectivity index (χ1n) is 8.26. The molecule has 7 nitrogen and oxygen atoms in total. The highest BCUT2D eigenvalue weighted by Crippen LogP contribution is 2.16. The molecule has 2 aromatic heterocycles. The maximum absolute atomic E-state index is 12.9. The maximum atomic E-state index is 12.9. The van der Waals surface area contributed by atoms with Gasteiger partial charge in [-0.2, -0.15) is 4.80 Å². The number of nitrogens with one attached hydrogen (secondary N) is 1. The Kier molecular flexibility index (Phi) is 5.67. The van der Waals surface area contributed by atoms with Crippen molar-refractivity contribution in [2.45, 2.75) is 39.3 Å². The van der Waals surface area contributed by atoms with Crippen molar-refractivity contribution < 1.29 is 9.18 Å². The zero-order valence-corrected chi connectivity index (χ0v) is 15.3. The van der Waals surface area contributed by atoms with E-state index in [1.807, 2.05) is 19.2 Å². The lowest BCUT2D eigenvalue weighted by molar-refractivity contribution is -0.121. The second-order valence-corrected chi connectivity index (χ2v) is 6.96. The Bertz CT molecular complexity index is 876. The van der Waals surface area contributed by atoms with Gasteiger partial charge in [-0.15, -0.1) is 21.5 Å². The van der Waals surface area contributed by atoms with Gasteiger partial charge >= 0.3 is 0 Å². The Labute approximate surface area is 154 Å². The normalized spacial score (nSPS) is 12.1. The van der Waals surface area contributed by atoms with Crippen LogP contribution in [-0.4, -0.2) is 31.1 Å². The van der Waals surface area contributed by atoms with Crippen LogP contribution in [0.2, 0.25) is 0 Å². The summed E-state index contributed by atoms with van der Waals surface area (Å²) in [7, 11) is 0. The van der Waals surface area contributed by atoms with Gasteiger partial charge in [-0.25, -0.2) is 9.37 Å². The van der Waals surface area contributed by atoms with Gasteiger partial charge in [-0.1, -0.05) is 0 Å². The van der Waals surface area contributed by atoms with Crippen LogP contribution in [0.15, 0.2) is 29.6 Å². The summed E-state index contributed by atoms with van der Waals surface area (Å²) in [5.74, 6) is 0.0817. The third kappa shape index (κ3) is 4.69. The Morgan fingerprint density at radius 1 is 1.35 bits per heavy atom. The van der Waals surface area contributed by atoms with Crippen LogP contribution in [0.4, 0.5) is 4.39 Å². The molecule has 0 saturated heterocycles. The number of rotatable bonds is 7. The van der Waals surface area contributed by atoms with Crippen LogP contribution in [0.1, 0.15) is 36.5 Å². The van der Waals surface area contributed by atoms with Gasteiger partial charge in [0.05, 0.1) is 23.3 Å². The van der Waals surface area contributed by atoms with Crippen molar-refractivity contribution in [3.05, 3.63) is 46.2 Å². The van der Waals surface area contributed by atoms with Crippen LogP contribution in [0.5, 0.6) is 0 Å². The molecule has 0 aliphatic heterocycles. The van der Waals surface area contributed by atoms with E-state index in [1.165, 1.54) is 16.9 Å². The summed E-state index contributed by atoms with van der Waals surface area (Å²) in [5.41, 5.74) is 1.57. The number of hydrogen-bond donors (Lipinski definition) is 1. The fourth-order valence-electron chi connectivity index (χ4n) is 2.40. The minimum atomic E-state index is -0.311. The fraction of sp³-hybridized carbons (Fsp3) is 0.353. The molecule has 1 N–H and O–H groups in total. The molecule has 0 bridgehead atoms. The molecule has 1 atom stereocenters. The van der Waals surface area contributed by atoms with Crippen LogP contribution in [-0.2, 0) is 11.3 Å². The molecule has 1 aromatic carbocycles. The van der Waals surface area contributed by atoms with E-state index in [-0.39, 0.29) is 17.8 Å². The monoisotopic (exact) mass is 374 g/mol. The maximum Gasteiger partial charge on any atom is 0.220 e. The average Bonchev–Trinajstić information content (AvgIpc) is 3.25. The number of aryl methyl sites for hydroxylation is 2. The average molecular weight is 374 g/mol. The van der Waals surface area contributed by atoms with Gasteiger partial charge in [0.15, 0.2) is 0 Å². The second-order valence-electron chi connectivity index (χ2n) is 5.90. The first-order chi connectivity index (χ1) is 12.5. The molecular formula is C17H19FN6OS. The van der Waals surface area contributed by atoms with E-state index in [2.05, 4.69) is 25.7 Å². The highest BCUT2D eigenvalue weighted by atomic mass is 32.1. The molecule has 9 heteroatoms.